The predicted molar refractivity (Wildman–Crippen MR) is 90.6 cm³/mol. The molecule has 1 aromatic rings. The first kappa shape index (κ1) is 17.3. The van der Waals surface area contributed by atoms with Gasteiger partial charge in [0.25, 0.3) is 0 Å². The predicted octanol–water partition coefficient (Wildman–Crippen LogP) is 2.19. The second-order valence-electron chi connectivity index (χ2n) is 6.53. The van der Waals surface area contributed by atoms with Crippen LogP contribution in [0.1, 0.15) is 32.4 Å². The lowest BCUT2D eigenvalue weighted by Gasteiger charge is -2.28. The summed E-state index contributed by atoms with van der Waals surface area (Å²) in [7, 11) is 1.98. The summed E-state index contributed by atoms with van der Waals surface area (Å²) in [5.41, 5.74) is 1.11. The van der Waals surface area contributed by atoms with E-state index >= 15 is 0 Å². The van der Waals surface area contributed by atoms with Gasteiger partial charge in [0.2, 0.25) is 11.8 Å². The first-order chi connectivity index (χ1) is 10.9. The Hall–Kier alpha value is -2.04. The first-order valence-corrected chi connectivity index (χ1v) is 8.23. The number of carbonyl (C=O) groups is 2. The monoisotopic (exact) mass is 317 g/mol. The molecular formula is C18H27N3O2. The van der Waals surface area contributed by atoms with E-state index in [9.17, 15) is 9.59 Å². The van der Waals surface area contributed by atoms with Crippen molar-refractivity contribution in [3.05, 3.63) is 36.7 Å². The highest BCUT2D eigenvalue weighted by Gasteiger charge is 2.34. The molecule has 0 radical (unpaired) electrons. The molecule has 1 heterocycles. The Morgan fingerprint density at radius 1 is 1.43 bits per heavy atom. The molecule has 0 atom stereocenters. The molecule has 2 amide bonds. The van der Waals surface area contributed by atoms with E-state index in [4.69, 9.17) is 0 Å². The van der Waals surface area contributed by atoms with E-state index in [1.54, 1.807) is 11.0 Å². The molecule has 1 fully saturated rings. The fourth-order valence-electron chi connectivity index (χ4n) is 2.65. The van der Waals surface area contributed by atoms with Crippen LogP contribution in [-0.4, -0.2) is 45.3 Å². The largest absolute Gasteiger partial charge is 0.353 e. The van der Waals surface area contributed by atoms with Crippen molar-refractivity contribution >= 4 is 11.8 Å². The van der Waals surface area contributed by atoms with Gasteiger partial charge in [0.05, 0.1) is 6.54 Å². The van der Waals surface area contributed by atoms with Crippen molar-refractivity contribution in [2.45, 2.75) is 39.3 Å². The number of hydrogen-bond donors (Lipinski definition) is 0. The molecule has 23 heavy (non-hydrogen) atoms. The van der Waals surface area contributed by atoms with Crippen LogP contribution in [0.3, 0.4) is 0 Å². The van der Waals surface area contributed by atoms with E-state index in [1.165, 1.54) is 0 Å². The number of amides is 2. The van der Waals surface area contributed by atoms with Crippen molar-refractivity contribution in [3.63, 3.8) is 0 Å². The van der Waals surface area contributed by atoms with Gasteiger partial charge in [0, 0.05) is 37.4 Å². The zero-order chi connectivity index (χ0) is 17.0. The molecular weight excluding hydrogens is 290 g/mol. The molecule has 1 saturated carbocycles. The van der Waals surface area contributed by atoms with Crippen molar-refractivity contribution in [2.24, 2.45) is 13.0 Å². The lowest BCUT2D eigenvalue weighted by atomic mass is 10.2. The van der Waals surface area contributed by atoms with Gasteiger partial charge < -0.3 is 14.4 Å². The molecule has 0 spiro atoms. The third-order valence-corrected chi connectivity index (χ3v) is 4.17. The zero-order valence-electron chi connectivity index (χ0n) is 14.4. The van der Waals surface area contributed by atoms with Crippen molar-refractivity contribution in [2.75, 3.05) is 13.1 Å². The van der Waals surface area contributed by atoms with Crippen LogP contribution in [0.15, 0.2) is 31.0 Å². The summed E-state index contributed by atoms with van der Waals surface area (Å²) in [6, 6.07) is 4.33. The van der Waals surface area contributed by atoms with E-state index in [0.717, 1.165) is 18.5 Å². The summed E-state index contributed by atoms with van der Waals surface area (Å²) in [5, 5.41) is 0. The SMILES string of the molecule is C=CCN(CC(=O)N(Cc1cccn1C)C1CC1)C(=O)C(C)C. The summed E-state index contributed by atoms with van der Waals surface area (Å²) >= 11 is 0. The van der Waals surface area contributed by atoms with E-state index in [-0.39, 0.29) is 24.3 Å². The number of aromatic nitrogens is 1. The fraction of sp³-hybridized carbons (Fsp3) is 0.556. The van der Waals surface area contributed by atoms with Gasteiger partial charge >= 0.3 is 0 Å². The van der Waals surface area contributed by atoms with Crippen molar-refractivity contribution in [1.82, 2.24) is 14.4 Å². The number of hydrogen-bond acceptors (Lipinski definition) is 2. The van der Waals surface area contributed by atoms with Crippen LogP contribution in [0.2, 0.25) is 0 Å². The smallest absolute Gasteiger partial charge is 0.242 e. The highest BCUT2D eigenvalue weighted by molar-refractivity contribution is 5.86. The molecule has 1 aliphatic rings. The van der Waals surface area contributed by atoms with Crippen molar-refractivity contribution in [3.8, 4) is 0 Å². The minimum absolute atomic E-state index is 0.00661. The normalized spacial score (nSPS) is 13.9. The number of aryl methyl sites for hydroxylation is 1. The Balaban J connectivity index is 2.06. The van der Waals surface area contributed by atoms with Gasteiger partial charge in [-0.1, -0.05) is 19.9 Å². The number of nitrogens with zero attached hydrogens (tertiary/aromatic N) is 3. The summed E-state index contributed by atoms with van der Waals surface area (Å²) in [6.07, 6.45) is 5.76. The van der Waals surface area contributed by atoms with Crippen LogP contribution in [0, 0.1) is 5.92 Å². The average molecular weight is 317 g/mol. The summed E-state index contributed by atoms with van der Waals surface area (Å²) in [5.74, 6) is -0.109. The molecule has 5 heteroatoms. The molecule has 0 saturated heterocycles. The van der Waals surface area contributed by atoms with Crippen LogP contribution in [0.5, 0.6) is 0 Å². The third-order valence-electron chi connectivity index (χ3n) is 4.17. The summed E-state index contributed by atoms with van der Waals surface area (Å²) < 4.78 is 2.03. The van der Waals surface area contributed by atoms with Crippen molar-refractivity contribution < 1.29 is 9.59 Å². The second kappa shape index (κ2) is 7.49. The zero-order valence-corrected chi connectivity index (χ0v) is 14.4. The van der Waals surface area contributed by atoms with Gasteiger partial charge in [-0.15, -0.1) is 6.58 Å². The van der Waals surface area contributed by atoms with Crippen LogP contribution < -0.4 is 0 Å². The molecule has 1 aliphatic carbocycles. The first-order valence-electron chi connectivity index (χ1n) is 8.23. The maximum Gasteiger partial charge on any atom is 0.242 e. The molecule has 0 aromatic carbocycles. The van der Waals surface area contributed by atoms with Crippen LogP contribution >= 0.6 is 0 Å². The lowest BCUT2D eigenvalue weighted by molar-refractivity contribution is -0.142. The molecule has 0 unspecified atom stereocenters. The number of rotatable bonds is 8. The molecule has 5 nitrogen and oxygen atoms in total. The summed E-state index contributed by atoms with van der Waals surface area (Å²) in [6.45, 7) is 8.54. The fourth-order valence-corrected chi connectivity index (χ4v) is 2.65. The second-order valence-corrected chi connectivity index (χ2v) is 6.53. The highest BCUT2D eigenvalue weighted by Crippen LogP contribution is 2.28. The molecule has 2 rings (SSSR count). The maximum atomic E-state index is 12.8. The topological polar surface area (TPSA) is 45.6 Å². The van der Waals surface area contributed by atoms with Gasteiger partial charge in [0.1, 0.15) is 6.54 Å². The molecule has 0 N–H and O–H groups in total. The minimum Gasteiger partial charge on any atom is -0.353 e. The molecule has 0 bridgehead atoms. The quantitative estimate of drug-likeness (QED) is 0.690. The van der Waals surface area contributed by atoms with E-state index in [1.807, 2.05) is 48.7 Å². The van der Waals surface area contributed by atoms with Gasteiger partial charge in [-0.3, -0.25) is 9.59 Å². The maximum absolute atomic E-state index is 12.8. The third kappa shape index (κ3) is 4.47. The Kier molecular flexibility index (Phi) is 5.64. The average Bonchev–Trinajstić information content (AvgIpc) is 3.26. The van der Waals surface area contributed by atoms with Crippen molar-refractivity contribution in [1.29, 1.82) is 0 Å². The number of carbonyl (C=O) groups excluding carboxylic acids is 2. The van der Waals surface area contributed by atoms with Crippen LogP contribution in [0.25, 0.3) is 0 Å². The van der Waals surface area contributed by atoms with Crippen LogP contribution in [0.4, 0.5) is 0 Å². The lowest BCUT2D eigenvalue weighted by Crippen LogP contribution is -2.45. The minimum atomic E-state index is -0.120. The van der Waals surface area contributed by atoms with E-state index < -0.39 is 0 Å². The van der Waals surface area contributed by atoms with Gasteiger partial charge in [-0.2, -0.15) is 0 Å². The van der Waals surface area contributed by atoms with Crippen LogP contribution in [-0.2, 0) is 23.2 Å². The van der Waals surface area contributed by atoms with E-state index in [0.29, 0.717) is 19.1 Å². The Morgan fingerprint density at radius 2 is 2.13 bits per heavy atom. The summed E-state index contributed by atoms with van der Waals surface area (Å²) in [4.78, 5) is 28.5. The van der Waals surface area contributed by atoms with Gasteiger partial charge in [0.15, 0.2) is 0 Å². The van der Waals surface area contributed by atoms with Gasteiger partial charge in [-0.25, -0.2) is 0 Å². The van der Waals surface area contributed by atoms with E-state index in [2.05, 4.69) is 6.58 Å². The molecule has 1 aromatic heterocycles. The van der Waals surface area contributed by atoms with Gasteiger partial charge in [-0.05, 0) is 25.0 Å². The molecule has 126 valence electrons. The standard InChI is InChI=1S/C18H27N3O2/c1-5-10-20(18(23)14(2)3)13-17(22)21(15-8-9-15)12-16-7-6-11-19(16)4/h5-7,11,14-15H,1,8-10,12-13H2,2-4H3. The molecule has 0 aliphatic heterocycles. The Bertz CT molecular complexity index is 573. The highest BCUT2D eigenvalue weighted by atomic mass is 16.2. The Morgan fingerprint density at radius 3 is 2.61 bits per heavy atom. The Labute approximate surface area is 138 Å².